The molecule has 0 bridgehead atoms. The predicted molar refractivity (Wildman–Crippen MR) is 92.6 cm³/mol. The largest absolute Gasteiger partial charge is 0.493 e. The second kappa shape index (κ2) is 8.82. The Bertz CT molecular complexity index is 619. The summed E-state index contributed by atoms with van der Waals surface area (Å²) in [6.45, 7) is 3.76. The van der Waals surface area contributed by atoms with Crippen molar-refractivity contribution in [3.63, 3.8) is 0 Å². The summed E-state index contributed by atoms with van der Waals surface area (Å²) in [6, 6.07) is 7.82. The topological polar surface area (TPSA) is 68.3 Å². The quantitative estimate of drug-likeness (QED) is 0.741. The molecule has 1 aromatic heterocycles. The van der Waals surface area contributed by atoms with Gasteiger partial charge in [-0.25, -0.2) is 4.98 Å². The minimum absolute atomic E-state index is 0.656. The summed E-state index contributed by atoms with van der Waals surface area (Å²) in [5, 5.41) is 6.49. The van der Waals surface area contributed by atoms with Gasteiger partial charge in [0.2, 0.25) is 5.95 Å². The van der Waals surface area contributed by atoms with E-state index in [1.807, 2.05) is 24.3 Å². The summed E-state index contributed by atoms with van der Waals surface area (Å²) >= 11 is 0. The molecule has 6 heteroatoms. The van der Waals surface area contributed by atoms with Gasteiger partial charge in [0, 0.05) is 19.3 Å². The molecule has 0 aliphatic heterocycles. The number of hydrogen-bond donors (Lipinski definition) is 2. The van der Waals surface area contributed by atoms with Crippen molar-refractivity contribution >= 4 is 11.8 Å². The number of anilines is 2. The van der Waals surface area contributed by atoms with Gasteiger partial charge in [0.05, 0.1) is 14.2 Å². The molecule has 1 heterocycles. The highest BCUT2D eigenvalue weighted by Crippen LogP contribution is 2.27. The van der Waals surface area contributed by atoms with E-state index < -0.39 is 0 Å². The van der Waals surface area contributed by atoms with Crippen LogP contribution in [0, 0.1) is 0 Å². The second-order valence-electron chi connectivity index (χ2n) is 5.06. The molecule has 6 nitrogen and oxygen atoms in total. The molecule has 2 N–H and O–H groups in total. The molecule has 2 aromatic rings. The molecule has 0 spiro atoms. The molecule has 0 aliphatic carbocycles. The molecule has 0 aliphatic rings. The van der Waals surface area contributed by atoms with Crippen LogP contribution in [0.2, 0.25) is 0 Å². The number of benzene rings is 1. The first kappa shape index (κ1) is 16.9. The predicted octanol–water partition coefficient (Wildman–Crippen LogP) is 2.97. The van der Waals surface area contributed by atoms with Crippen molar-refractivity contribution < 1.29 is 9.47 Å². The Kier molecular flexibility index (Phi) is 6.47. The maximum Gasteiger partial charge on any atom is 0.224 e. The van der Waals surface area contributed by atoms with E-state index in [2.05, 4.69) is 27.5 Å². The molecule has 0 saturated carbocycles. The van der Waals surface area contributed by atoms with Gasteiger partial charge < -0.3 is 20.1 Å². The van der Waals surface area contributed by atoms with E-state index >= 15 is 0 Å². The van der Waals surface area contributed by atoms with E-state index in [9.17, 15) is 0 Å². The van der Waals surface area contributed by atoms with Gasteiger partial charge in [0.15, 0.2) is 11.5 Å². The summed E-state index contributed by atoms with van der Waals surface area (Å²) in [5.41, 5.74) is 1.17. The molecule has 0 unspecified atom stereocenters. The lowest BCUT2D eigenvalue weighted by Gasteiger charge is -2.10. The van der Waals surface area contributed by atoms with Gasteiger partial charge in [-0.15, -0.1) is 0 Å². The molecular weight excluding hydrogens is 292 g/mol. The fourth-order valence-corrected chi connectivity index (χ4v) is 2.15. The van der Waals surface area contributed by atoms with Gasteiger partial charge >= 0.3 is 0 Å². The van der Waals surface area contributed by atoms with Crippen LogP contribution < -0.4 is 20.1 Å². The number of aromatic nitrogens is 2. The lowest BCUT2D eigenvalue weighted by molar-refractivity contribution is 0.354. The summed E-state index contributed by atoms with van der Waals surface area (Å²) in [4.78, 5) is 8.62. The zero-order valence-corrected chi connectivity index (χ0v) is 13.9. The maximum absolute atomic E-state index is 5.32. The first-order valence-corrected chi connectivity index (χ1v) is 7.78. The number of hydrogen-bond acceptors (Lipinski definition) is 6. The Balaban J connectivity index is 1.89. The fraction of sp³-hybridized carbons (Fsp3) is 0.412. The number of ether oxygens (including phenoxy) is 2. The van der Waals surface area contributed by atoms with Crippen molar-refractivity contribution in [2.45, 2.75) is 19.8 Å². The van der Waals surface area contributed by atoms with E-state index in [1.165, 1.54) is 5.56 Å². The van der Waals surface area contributed by atoms with Crippen LogP contribution in [0.1, 0.15) is 18.9 Å². The molecule has 2 rings (SSSR count). The fourth-order valence-electron chi connectivity index (χ4n) is 2.15. The van der Waals surface area contributed by atoms with Crippen molar-refractivity contribution in [3.05, 3.63) is 36.0 Å². The van der Waals surface area contributed by atoms with Crippen molar-refractivity contribution in [1.82, 2.24) is 9.97 Å². The Morgan fingerprint density at radius 1 is 1.00 bits per heavy atom. The van der Waals surface area contributed by atoms with E-state index in [0.717, 1.165) is 43.2 Å². The zero-order chi connectivity index (χ0) is 16.5. The van der Waals surface area contributed by atoms with Gasteiger partial charge in [-0.05, 0) is 36.6 Å². The normalized spacial score (nSPS) is 10.2. The van der Waals surface area contributed by atoms with Crippen LogP contribution in [0.15, 0.2) is 30.5 Å². The smallest absolute Gasteiger partial charge is 0.224 e. The van der Waals surface area contributed by atoms with Crippen LogP contribution in [0.3, 0.4) is 0 Å². The van der Waals surface area contributed by atoms with Crippen molar-refractivity contribution in [2.75, 3.05) is 37.9 Å². The average molecular weight is 316 g/mol. The van der Waals surface area contributed by atoms with Crippen LogP contribution in [0.4, 0.5) is 11.8 Å². The van der Waals surface area contributed by atoms with Crippen LogP contribution in [0.25, 0.3) is 0 Å². The van der Waals surface area contributed by atoms with Crippen molar-refractivity contribution in [2.24, 2.45) is 0 Å². The Morgan fingerprint density at radius 2 is 1.83 bits per heavy atom. The molecule has 0 atom stereocenters. The molecule has 0 amide bonds. The van der Waals surface area contributed by atoms with E-state index in [0.29, 0.717) is 5.95 Å². The SMILES string of the molecule is CCCNc1nccc(NCCc2ccc(OC)c(OC)c2)n1. The number of methoxy groups -OCH3 is 2. The van der Waals surface area contributed by atoms with Crippen molar-refractivity contribution in [1.29, 1.82) is 0 Å². The number of nitrogens with one attached hydrogen (secondary N) is 2. The Hall–Kier alpha value is -2.50. The van der Waals surface area contributed by atoms with Gasteiger partial charge in [0.25, 0.3) is 0 Å². The zero-order valence-electron chi connectivity index (χ0n) is 13.9. The third kappa shape index (κ3) is 5.02. The lowest BCUT2D eigenvalue weighted by Crippen LogP contribution is -2.09. The third-order valence-electron chi connectivity index (χ3n) is 3.36. The summed E-state index contributed by atoms with van der Waals surface area (Å²) in [5.74, 6) is 2.96. The average Bonchev–Trinajstić information content (AvgIpc) is 2.60. The van der Waals surface area contributed by atoms with Crippen LogP contribution >= 0.6 is 0 Å². The number of rotatable bonds is 9. The highest BCUT2D eigenvalue weighted by atomic mass is 16.5. The third-order valence-corrected chi connectivity index (χ3v) is 3.36. The molecule has 0 fully saturated rings. The Morgan fingerprint density at radius 3 is 2.57 bits per heavy atom. The minimum atomic E-state index is 0.656. The molecular formula is C17H24N4O2. The first-order valence-electron chi connectivity index (χ1n) is 7.78. The molecule has 0 radical (unpaired) electrons. The minimum Gasteiger partial charge on any atom is -0.493 e. The van der Waals surface area contributed by atoms with Crippen LogP contribution in [0.5, 0.6) is 11.5 Å². The van der Waals surface area contributed by atoms with Gasteiger partial charge in [-0.1, -0.05) is 13.0 Å². The maximum atomic E-state index is 5.32. The van der Waals surface area contributed by atoms with E-state index in [4.69, 9.17) is 9.47 Å². The van der Waals surface area contributed by atoms with Gasteiger partial charge in [0.1, 0.15) is 5.82 Å². The molecule has 124 valence electrons. The van der Waals surface area contributed by atoms with Gasteiger partial charge in [-0.2, -0.15) is 4.98 Å². The Labute approximate surface area is 137 Å². The summed E-state index contributed by atoms with van der Waals surface area (Å²) in [6.07, 6.45) is 3.66. The van der Waals surface area contributed by atoms with Crippen LogP contribution in [-0.2, 0) is 6.42 Å². The summed E-state index contributed by atoms with van der Waals surface area (Å²) in [7, 11) is 3.28. The van der Waals surface area contributed by atoms with E-state index in [1.54, 1.807) is 20.4 Å². The molecule has 1 aromatic carbocycles. The highest BCUT2D eigenvalue weighted by Gasteiger charge is 2.04. The molecule has 0 saturated heterocycles. The highest BCUT2D eigenvalue weighted by molar-refractivity contribution is 5.43. The van der Waals surface area contributed by atoms with Crippen LogP contribution in [-0.4, -0.2) is 37.3 Å². The van der Waals surface area contributed by atoms with E-state index in [-0.39, 0.29) is 0 Å². The monoisotopic (exact) mass is 316 g/mol. The lowest BCUT2D eigenvalue weighted by atomic mass is 10.1. The standard InChI is InChI=1S/C17H24N4O2/c1-4-9-19-17-20-11-8-16(21-17)18-10-7-13-5-6-14(22-2)15(12-13)23-3/h5-6,8,11-12H,4,7,9-10H2,1-3H3,(H2,18,19,20,21). The first-order chi connectivity index (χ1) is 11.3. The number of nitrogens with zero attached hydrogens (tertiary/aromatic N) is 2. The van der Waals surface area contributed by atoms with Gasteiger partial charge in [-0.3, -0.25) is 0 Å². The molecule has 23 heavy (non-hydrogen) atoms. The second-order valence-corrected chi connectivity index (χ2v) is 5.06. The summed E-state index contributed by atoms with van der Waals surface area (Å²) < 4.78 is 10.6. The van der Waals surface area contributed by atoms with Crippen molar-refractivity contribution in [3.8, 4) is 11.5 Å².